The number of carbonyl (C=O) groups excluding carboxylic acids is 2. The highest BCUT2D eigenvalue weighted by atomic mass is 16.5. The van der Waals surface area contributed by atoms with E-state index in [1.807, 2.05) is 72.8 Å². The molecule has 1 aliphatic rings. The lowest BCUT2D eigenvalue weighted by Crippen LogP contribution is -2.12. The zero-order valence-corrected chi connectivity index (χ0v) is 18.7. The van der Waals surface area contributed by atoms with E-state index in [0.717, 1.165) is 22.3 Å². The molecule has 4 heteroatoms. The summed E-state index contributed by atoms with van der Waals surface area (Å²) in [5.74, 6) is 0.515. The first-order chi connectivity index (χ1) is 16.6. The van der Waals surface area contributed by atoms with Crippen molar-refractivity contribution in [1.82, 2.24) is 0 Å². The molecule has 0 bridgehead atoms. The summed E-state index contributed by atoms with van der Waals surface area (Å²) in [4.78, 5) is 25.3. The first kappa shape index (κ1) is 21.4. The molecular weight excluding hydrogens is 424 g/mol. The number of ketones is 1. The summed E-state index contributed by atoms with van der Waals surface area (Å²) in [6.45, 7) is 1.79. The van der Waals surface area contributed by atoms with Crippen molar-refractivity contribution in [3.8, 4) is 22.6 Å². The first-order valence-corrected chi connectivity index (χ1v) is 11.1. The third kappa shape index (κ3) is 4.39. The summed E-state index contributed by atoms with van der Waals surface area (Å²) in [6.07, 6.45) is 1.90. The SMILES string of the molecule is Cc1c(OC(=O)Cc2ccccc2)ccc2c1O/C(=C\c1ccc(-c3ccccc3)cc1)C2=O. The molecule has 0 saturated carbocycles. The highest BCUT2D eigenvalue weighted by Crippen LogP contribution is 2.39. The van der Waals surface area contributed by atoms with Crippen molar-refractivity contribution in [2.75, 3.05) is 0 Å². The van der Waals surface area contributed by atoms with Crippen LogP contribution in [-0.4, -0.2) is 11.8 Å². The fourth-order valence-corrected chi connectivity index (χ4v) is 3.95. The van der Waals surface area contributed by atoms with Gasteiger partial charge >= 0.3 is 5.97 Å². The Morgan fingerprint density at radius 3 is 2.18 bits per heavy atom. The molecule has 166 valence electrons. The first-order valence-electron chi connectivity index (χ1n) is 11.1. The number of ether oxygens (including phenoxy) is 2. The Morgan fingerprint density at radius 2 is 1.47 bits per heavy atom. The van der Waals surface area contributed by atoms with Crippen molar-refractivity contribution >= 4 is 17.8 Å². The van der Waals surface area contributed by atoms with Crippen molar-refractivity contribution in [3.63, 3.8) is 0 Å². The molecule has 5 rings (SSSR count). The lowest BCUT2D eigenvalue weighted by atomic mass is 10.0. The lowest BCUT2D eigenvalue weighted by molar-refractivity contribution is -0.133. The summed E-state index contributed by atoms with van der Waals surface area (Å²) in [6, 6.07) is 30.8. The molecule has 0 radical (unpaired) electrons. The lowest BCUT2D eigenvalue weighted by Gasteiger charge is -2.10. The van der Waals surface area contributed by atoms with Crippen molar-refractivity contribution in [2.24, 2.45) is 0 Å². The predicted molar refractivity (Wildman–Crippen MR) is 132 cm³/mol. The number of Topliss-reactive ketones (excluding diaryl/α,β-unsaturated/α-hetero) is 1. The van der Waals surface area contributed by atoms with Crippen LogP contribution in [0.15, 0.2) is 103 Å². The number of rotatable bonds is 5. The summed E-state index contributed by atoms with van der Waals surface area (Å²) in [5.41, 5.74) is 5.06. The second-order valence-corrected chi connectivity index (χ2v) is 8.13. The van der Waals surface area contributed by atoms with Gasteiger partial charge in [-0.2, -0.15) is 0 Å². The standard InChI is InChI=1S/C30H22O4/c1-20-26(33-28(31)19-21-8-4-2-5-9-21)17-16-25-29(32)27(34-30(20)25)18-22-12-14-24(15-13-22)23-10-6-3-7-11-23/h2-18H,19H2,1H3/b27-18-. The Hall–Kier alpha value is -4.44. The van der Waals surface area contributed by atoms with Crippen LogP contribution >= 0.6 is 0 Å². The number of fused-ring (bicyclic) bond motifs is 1. The average Bonchev–Trinajstić information content (AvgIpc) is 3.18. The molecule has 0 unspecified atom stereocenters. The molecule has 0 amide bonds. The normalized spacial score (nSPS) is 13.4. The van der Waals surface area contributed by atoms with E-state index in [-0.39, 0.29) is 23.9 Å². The third-order valence-electron chi connectivity index (χ3n) is 5.77. The van der Waals surface area contributed by atoms with Gasteiger partial charge in [0, 0.05) is 5.56 Å². The largest absolute Gasteiger partial charge is 0.452 e. The smallest absolute Gasteiger partial charge is 0.315 e. The molecule has 4 aromatic carbocycles. The molecule has 0 spiro atoms. The molecule has 0 aromatic heterocycles. The van der Waals surface area contributed by atoms with Crippen LogP contribution < -0.4 is 9.47 Å². The Morgan fingerprint density at radius 1 is 0.824 bits per heavy atom. The van der Waals surface area contributed by atoms with E-state index in [4.69, 9.17) is 9.47 Å². The van der Waals surface area contributed by atoms with Gasteiger partial charge < -0.3 is 9.47 Å². The number of benzene rings is 4. The Balaban J connectivity index is 1.33. The molecule has 0 saturated heterocycles. The Labute approximate surface area is 198 Å². The van der Waals surface area contributed by atoms with Gasteiger partial charge in [0.05, 0.1) is 12.0 Å². The van der Waals surface area contributed by atoms with Crippen LogP contribution in [0.4, 0.5) is 0 Å². The average molecular weight is 447 g/mol. The zero-order chi connectivity index (χ0) is 23.5. The summed E-state index contributed by atoms with van der Waals surface area (Å²) >= 11 is 0. The van der Waals surface area contributed by atoms with Crippen LogP contribution in [-0.2, 0) is 11.2 Å². The number of esters is 1. The Bertz CT molecular complexity index is 1390. The van der Waals surface area contributed by atoms with Crippen LogP contribution in [0, 0.1) is 6.92 Å². The van der Waals surface area contributed by atoms with Gasteiger partial charge in [0.25, 0.3) is 0 Å². The number of hydrogen-bond acceptors (Lipinski definition) is 4. The maximum absolute atomic E-state index is 12.9. The van der Waals surface area contributed by atoms with Gasteiger partial charge in [0.2, 0.25) is 5.78 Å². The van der Waals surface area contributed by atoms with E-state index >= 15 is 0 Å². The third-order valence-corrected chi connectivity index (χ3v) is 5.77. The van der Waals surface area contributed by atoms with E-state index in [1.54, 1.807) is 25.1 Å². The van der Waals surface area contributed by atoms with Crippen molar-refractivity contribution < 1.29 is 19.1 Å². The molecule has 34 heavy (non-hydrogen) atoms. The monoisotopic (exact) mass is 446 g/mol. The van der Waals surface area contributed by atoms with E-state index in [9.17, 15) is 9.59 Å². The number of hydrogen-bond donors (Lipinski definition) is 0. The van der Waals surface area contributed by atoms with Crippen LogP contribution in [0.5, 0.6) is 11.5 Å². The van der Waals surface area contributed by atoms with Gasteiger partial charge in [0.15, 0.2) is 5.76 Å². The molecule has 1 aliphatic heterocycles. The van der Waals surface area contributed by atoms with E-state index in [2.05, 4.69) is 12.1 Å². The molecule has 1 heterocycles. The minimum absolute atomic E-state index is 0.168. The highest BCUT2D eigenvalue weighted by molar-refractivity contribution is 6.15. The van der Waals surface area contributed by atoms with E-state index in [1.165, 1.54) is 0 Å². The van der Waals surface area contributed by atoms with Gasteiger partial charge in [-0.3, -0.25) is 9.59 Å². The zero-order valence-electron chi connectivity index (χ0n) is 18.7. The molecule has 0 aliphatic carbocycles. The molecule has 0 N–H and O–H groups in total. The minimum Gasteiger partial charge on any atom is -0.452 e. The van der Waals surface area contributed by atoms with Gasteiger partial charge in [-0.1, -0.05) is 84.9 Å². The van der Waals surface area contributed by atoms with Gasteiger partial charge in [-0.25, -0.2) is 0 Å². The fourth-order valence-electron chi connectivity index (χ4n) is 3.95. The summed E-state index contributed by atoms with van der Waals surface area (Å²) < 4.78 is 11.5. The Kier molecular flexibility index (Phi) is 5.79. The van der Waals surface area contributed by atoms with Crippen LogP contribution in [0.25, 0.3) is 17.2 Å². The topological polar surface area (TPSA) is 52.6 Å². The number of carbonyl (C=O) groups is 2. The second-order valence-electron chi connectivity index (χ2n) is 8.13. The van der Waals surface area contributed by atoms with Crippen LogP contribution in [0.2, 0.25) is 0 Å². The van der Waals surface area contributed by atoms with E-state index < -0.39 is 0 Å². The van der Waals surface area contributed by atoms with E-state index in [0.29, 0.717) is 22.6 Å². The quantitative estimate of drug-likeness (QED) is 0.201. The summed E-state index contributed by atoms with van der Waals surface area (Å²) in [5, 5.41) is 0. The van der Waals surface area contributed by atoms with Crippen molar-refractivity contribution in [3.05, 3.63) is 125 Å². The second kappa shape index (κ2) is 9.20. The van der Waals surface area contributed by atoms with Gasteiger partial charge in [0.1, 0.15) is 11.5 Å². The molecule has 4 aromatic rings. The predicted octanol–water partition coefficient (Wildman–Crippen LogP) is 6.43. The maximum atomic E-state index is 12.9. The maximum Gasteiger partial charge on any atom is 0.315 e. The highest BCUT2D eigenvalue weighted by Gasteiger charge is 2.30. The van der Waals surface area contributed by atoms with Gasteiger partial charge in [-0.05, 0) is 47.4 Å². The fraction of sp³-hybridized carbons (Fsp3) is 0.0667. The molecule has 0 fully saturated rings. The minimum atomic E-state index is -0.368. The molecular formula is C30H22O4. The van der Waals surface area contributed by atoms with Crippen LogP contribution in [0.1, 0.15) is 27.0 Å². The van der Waals surface area contributed by atoms with Crippen molar-refractivity contribution in [1.29, 1.82) is 0 Å². The number of allylic oxidation sites excluding steroid dienone is 1. The van der Waals surface area contributed by atoms with Crippen molar-refractivity contribution in [2.45, 2.75) is 13.3 Å². The molecule has 0 atom stereocenters. The summed E-state index contributed by atoms with van der Waals surface area (Å²) in [7, 11) is 0. The van der Waals surface area contributed by atoms with Gasteiger partial charge in [-0.15, -0.1) is 0 Å². The van der Waals surface area contributed by atoms with Crippen LogP contribution in [0.3, 0.4) is 0 Å². The molecule has 4 nitrogen and oxygen atoms in total.